The highest BCUT2D eigenvalue weighted by Gasteiger charge is 2.19. The van der Waals surface area contributed by atoms with Gasteiger partial charge in [0.05, 0.1) is 22.8 Å². The number of carbonyl (C=O) groups excluding carboxylic acids is 1. The molecule has 28 heavy (non-hydrogen) atoms. The molecule has 6 heteroatoms. The summed E-state index contributed by atoms with van der Waals surface area (Å²) >= 11 is 7.59. The lowest BCUT2D eigenvalue weighted by Crippen LogP contribution is -2.10. The number of fused-ring (bicyclic) bond motifs is 1. The van der Waals surface area contributed by atoms with Gasteiger partial charge in [-0.25, -0.2) is 4.98 Å². The van der Waals surface area contributed by atoms with Crippen LogP contribution in [0.3, 0.4) is 0 Å². The molecule has 0 amide bonds. The minimum atomic E-state index is -0.0189. The molecule has 1 unspecified atom stereocenters. The number of nitrogens with zero attached hydrogens (tertiary/aromatic N) is 3. The molecular formula is C22H18ClN3OS. The maximum Gasteiger partial charge on any atom is 0.191 e. The number of hydrogen-bond acceptors (Lipinski definition) is 4. The first-order valence-corrected chi connectivity index (χ1v) is 10.3. The first-order valence-electron chi connectivity index (χ1n) is 8.93. The van der Waals surface area contributed by atoms with E-state index in [0.717, 1.165) is 16.2 Å². The predicted molar refractivity (Wildman–Crippen MR) is 114 cm³/mol. The predicted octanol–water partition coefficient (Wildman–Crippen LogP) is 5.67. The van der Waals surface area contributed by atoms with E-state index < -0.39 is 0 Å². The van der Waals surface area contributed by atoms with Crippen LogP contribution in [0.2, 0.25) is 5.02 Å². The van der Waals surface area contributed by atoms with Crippen LogP contribution in [0.4, 0.5) is 0 Å². The van der Waals surface area contributed by atoms with Crippen LogP contribution >= 0.6 is 23.4 Å². The number of Topliss-reactive ketones (excluding diaryl/α,β-unsaturated/α-hetero) is 1. The summed E-state index contributed by atoms with van der Waals surface area (Å²) in [6.07, 6.45) is 1.63. The van der Waals surface area contributed by atoms with Gasteiger partial charge < -0.3 is 4.57 Å². The highest BCUT2D eigenvalue weighted by atomic mass is 35.5. The lowest BCUT2D eigenvalue weighted by molar-refractivity contribution is 0.101. The molecule has 2 heterocycles. The lowest BCUT2D eigenvalue weighted by atomic mass is 10.1. The van der Waals surface area contributed by atoms with Crippen molar-refractivity contribution < 1.29 is 4.79 Å². The number of pyridine rings is 1. The molecule has 4 nitrogen and oxygen atoms in total. The topological polar surface area (TPSA) is 47.8 Å². The van der Waals surface area contributed by atoms with Crippen LogP contribution in [0.15, 0.2) is 78.1 Å². The summed E-state index contributed by atoms with van der Waals surface area (Å²) in [4.78, 5) is 21.4. The third-order valence-electron chi connectivity index (χ3n) is 4.57. The van der Waals surface area contributed by atoms with Crippen LogP contribution in [-0.2, 0) is 0 Å². The molecule has 0 aliphatic carbocycles. The van der Waals surface area contributed by atoms with Gasteiger partial charge in [-0.3, -0.25) is 9.78 Å². The maximum absolute atomic E-state index is 12.5. The van der Waals surface area contributed by atoms with Crippen molar-refractivity contribution in [2.75, 3.05) is 5.75 Å². The molecule has 0 spiro atoms. The van der Waals surface area contributed by atoms with Gasteiger partial charge in [-0.2, -0.15) is 0 Å². The minimum Gasteiger partial charge on any atom is -0.312 e. The van der Waals surface area contributed by atoms with Crippen molar-refractivity contribution in [1.82, 2.24) is 14.5 Å². The Labute approximate surface area is 172 Å². The smallest absolute Gasteiger partial charge is 0.191 e. The number of carbonyl (C=O) groups is 1. The molecule has 0 saturated heterocycles. The molecule has 0 bridgehead atoms. The van der Waals surface area contributed by atoms with E-state index in [9.17, 15) is 4.79 Å². The van der Waals surface area contributed by atoms with Gasteiger partial charge in [0.25, 0.3) is 0 Å². The summed E-state index contributed by atoms with van der Waals surface area (Å²) in [5.74, 6) is 0.255. The Hall–Kier alpha value is -2.63. The standard InChI is InChI=1S/C22H18ClN3OS/c1-15(16-7-3-2-4-8-16)26-20-11-10-17(23)13-19(20)25-22(26)28-14-21(27)18-9-5-6-12-24-18/h2-13,15H,14H2,1H3. The van der Waals surface area contributed by atoms with Gasteiger partial charge in [-0.1, -0.05) is 59.8 Å². The van der Waals surface area contributed by atoms with Crippen molar-refractivity contribution in [3.63, 3.8) is 0 Å². The third-order valence-corrected chi connectivity index (χ3v) is 5.76. The maximum atomic E-state index is 12.5. The van der Waals surface area contributed by atoms with E-state index in [1.807, 2.05) is 42.5 Å². The van der Waals surface area contributed by atoms with E-state index in [4.69, 9.17) is 16.6 Å². The molecular weight excluding hydrogens is 390 g/mol. The lowest BCUT2D eigenvalue weighted by Gasteiger charge is -2.17. The van der Waals surface area contributed by atoms with Gasteiger partial charge in [0, 0.05) is 11.2 Å². The monoisotopic (exact) mass is 407 g/mol. The quantitative estimate of drug-likeness (QED) is 0.305. The Balaban J connectivity index is 1.70. The molecule has 140 valence electrons. The van der Waals surface area contributed by atoms with Crippen molar-refractivity contribution >= 4 is 40.2 Å². The Morgan fingerprint density at radius 3 is 2.64 bits per heavy atom. The highest BCUT2D eigenvalue weighted by molar-refractivity contribution is 7.99. The summed E-state index contributed by atoms with van der Waals surface area (Å²) in [7, 11) is 0. The molecule has 4 rings (SSSR count). The third kappa shape index (κ3) is 3.81. The molecule has 0 saturated carbocycles. The molecule has 0 N–H and O–H groups in total. The molecule has 0 aliphatic heterocycles. The molecule has 1 atom stereocenters. The second kappa shape index (κ2) is 8.17. The number of thioether (sulfide) groups is 1. The molecule has 2 aromatic heterocycles. The zero-order valence-electron chi connectivity index (χ0n) is 15.2. The SMILES string of the molecule is CC(c1ccccc1)n1c(SCC(=O)c2ccccn2)nc2cc(Cl)ccc21. The molecule has 0 aliphatic rings. The second-order valence-corrected chi connectivity index (χ2v) is 7.79. The van der Waals surface area contributed by atoms with Crippen LogP contribution in [0.1, 0.15) is 29.0 Å². The second-order valence-electron chi connectivity index (χ2n) is 6.41. The molecule has 2 aromatic carbocycles. The van der Waals surface area contributed by atoms with E-state index in [1.54, 1.807) is 18.3 Å². The van der Waals surface area contributed by atoms with Gasteiger partial charge in [0.1, 0.15) is 5.69 Å². The van der Waals surface area contributed by atoms with Gasteiger partial charge in [0.2, 0.25) is 0 Å². The summed E-state index contributed by atoms with van der Waals surface area (Å²) < 4.78 is 2.16. The largest absolute Gasteiger partial charge is 0.312 e. The van der Waals surface area contributed by atoms with Crippen molar-refractivity contribution in [1.29, 1.82) is 0 Å². The van der Waals surface area contributed by atoms with Crippen molar-refractivity contribution in [2.24, 2.45) is 0 Å². The summed E-state index contributed by atoms with van der Waals surface area (Å²) in [6, 6.07) is 21.4. The molecule has 0 radical (unpaired) electrons. The summed E-state index contributed by atoms with van der Waals surface area (Å²) in [5, 5.41) is 1.43. The summed E-state index contributed by atoms with van der Waals surface area (Å²) in [6.45, 7) is 2.13. The average Bonchev–Trinajstić information content (AvgIpc) is 3.10. The first-order chi connectivity index (χ1) is 13.6. The fourth-order valence-corrected chi connectivity index (χ4v) is 4.27. The fraction of sp³-hybridized carbons (Fsp3) is 0.136. The molecule has 0 fully saturated rings. The van der Waals surface area contributed by atoms with Crippen molar-refractivity contribution in [3.05, 3.63) is 89.2 Å². The van der Waals surface area contributed by atoms with E-state index >= 15 is 0 Å². The first kappa shape index (κ1) is 18.7. The van der Waals surface area contributed by atoms with Gasteiger partial charge in [0.15, 0.2) is 10.9 Å². The van der Waals surface area contributed by atoms with Gasteiger partial charge >= 0.3 is 0 Å². The Morgan fingerprint density at radius 2 is 1.89 bits per heavy atom. The number of ketones is 1. The van der Waals surface area contributed by atoms with Crippen LogP contribution in [-0.4, -0.2) is 26.1 Å². The zero-order valence-corrected chi connectivity index (χ0v) is 16.8. The van der Waals surface area contributed by atoms with E-state index in [2.05, 4.69) is 28.6 Å². The number of halogens is 1. The number of aromatic nitrogens is 3. The van der Waals surface area contributed by atoms with Crippen LogP contribution in [0, 0.1) is 0 Å². The summed E-state index contributed by atoms with van der Waals surface area (Å²) in [5.41, 5.74) is 3.46. The Kier molecular flexibility index (Phi) is 5.46. The highest BCUT2D eigenvalue weighted by Crippen LogP contribution is 2.32. The minimum absolute atomic E-state index is 0.0189. The molecule has 4 aromatic rings. The normalized spacial score (nSPS) is 12.2. The van der Waals surface area contributed by atoms with Gasteiger partial charge in [-0.15, -0.1) is 0 Å². The van der Waals surface area contributed by atoms with Gasteiger partial charge in [-0.05, 0) is 42.8 Å². The van der Waals surface area contributed by atoms with Crippen LogP contribution in [0.25, 0.3) is 11.0 Å². The van der Waals surface area contributed by atoms with Crippen LogP contribution < -0.4 is 0 Å². The average molecular weight is 408 g/mol. The number of benzene rings is 2. The van der Waals surface area contributed by atoms with E-state index in [-0.39, 0.29) is 17.6 Å². The van der Waals surface area contributed by atoms with Crippen molar-refractivity contribution in [3.8, 4) is 0 Å². The number of imidazole rings is 1. The number of hydrogen-bond donors (Lipinski definition) is 0. The Morgan fingerprint density at radius 1 is 1.11 bits per heavy atom. The Bertz CT molecular complexity index is 1110. The van der Waals surface area contributed by atoms with E-state index in [0.29, 0.717) is 10.7 Å². The number of rotatable bonds is 6. The zero-order chi connectivity index (χ0) is 19.5. The van der Waals surface area contributed by atoms with Crippen molar-refractivity contribution in [2.45, 2.75) is 18.1 Å². The fourth-order valence-electron chi connectivity index (χ4n) is 3.14. The van der Waals surface area contributed by atoms with E-state index in [1.165, 1.54) is 17.3 Å². The van der Waals surface area contributed by atoms with Crippen LogP contribution in [0.5, 0.6) is 0 Å².